The van der Waals surface area contributed by atoms with E-state index < -0.39 is 37.1 Å². The number of carbonyl (C=O) groups excluding carboxylic acids is 1. The van der Waals surface area contributed by atoms with Gasteiger partial charge in [-0.1, -0.05) is 0 Å². The van der Waals surface area contributed by atoms with Crippen LogP contribution in [0, 0.1) is 0 Å². The Bertz CT molecular complexity index is 660. The monoisotopic (exact) mass is 351 g/mol. The maximum Gasteiger partial charge on any atom is 0.351 e. The maximum atomic E-state index is 11.7. The number of nitrogens with zero attached hydrogens (tertiary/aromatic N) is 2. The first kappa shape index (κ1) is 17.0. The van der Waals surface area contributed by atoms with E-state index in [0.717, 1.165) is 0 Å². The predicted octanol–water partition coefficient (Wildman–Crippen LogP) is -0.866. The van der Waals surface area contributed by atoms with Crippen LogP contribution in [-0.2, 0) is 18.8 Å². The van der Waals surface area contributed by atoms with Crippen molar-refractivity contribution in [1.29, 1.82) is 0 Å². The summed E-state index contributed by atoms with van der Waals surface area (Å²) in [5.41, 5.74) is 4.31. The predicted molar refractivity (Wildman–Crippen MR) is 77.1 cm³/mol. The van der Waals surface area contributed by atoms with Crippen molar-refractivity contribution >= 4 is 31.1 Å². The van der Waals surface area contributed by atoms with Crippen LogP contribution in [0.1, 0.15) is 6.23 Å². The van der Waals surface area contributed by atoms with Gasteiger partial charge in [0.1, 0.15) is 30.3 Å². The molecule has 1 fully saturated rings. The number of carbonyl (C=O) groups is 1. The molecule has 0 bridgehead atoms. The van der Waals surface area contributed by atoms with E-state index in [2.05, 4.69) is 4.98 Å². The van der Waals surface area contributed by atoms with E-state index in [0.29, 0.717) is 5.75 Å². The number of anilines is 1. The molecule has 0 amide bonds. The van der Waals surface area contributed by atoms with Gasteiger partial charge in [0.25, 0.3) is 0 Å². The molecule has 1 aliphatic rings. The number of nitrogens with two attached hydrogens (primary N) is 1. The van der Waals surface area contributed by atoms with Gasteiger partial charge in [0.2, 0.25) is 0 Å². The second kappa shape index (κ2) is 6.80. The van der Waals surface area contributed by atoms with Crippen LogP contribution in [-0.4, -0.2) is 49.3 Å². The molecule has 2 heterocycles. The number of hydrogen-bond acceptors (Lipinski definition) is 8. The van der Waals surface area contributed by atoms with E-state index in [1.54, 1.807) is 0 Å². The largest absolute Gasteiger partial charge is 0.461 e. The second-order valence-electron chi connectivity index (χ2n) is 4.40. The Balaban J connectivity index is 1.87. The van der Waals surface area contributed by atoms with Gasteiger partial charge in [-0.05, 0) is 6.07 Å². The third-order valence-corrected chi connectivity index (χ3v) is 4.38. The molecule has 0 spiro atoms. The standard InChI is InChI=1S/C10H14N3O7PS/c11-6-1-2-13(10(15)12-6)7-5-22-9(20-7)3-19-8(14)4-21(16,17)18/h1-2,7,9H,3-5H2,(H2,11,12,15)(H2,16,17,18)/t7-,9+/m0/s1. The van der Waals surface area contributed by atoms with E-state index in [4.69, 9.17) is 25.0 Å². The number of rotatable bonds is 5. The minimum absolute atomic E-state index is 0.106. The molecular weight excluding hydrogens is 337 g/mol. The highest BCUT2D eigenvalue weighted by atomic mass is 32.2. The molecule has 1 aliphatic heterocycles. The summed E-state index contributed by atoms with van der Waals surface area (Å²) in [7, 11) is -4.44. The number of aromatic nitrogens is 2. The molecule has 1 saturated heterocycles. The lowest BCUT2D eigenvalue weighted by Gasteiger charge is -2.14. The summed E-state index contributed by atoms with van der Waals surface area (Å²) < 4.78 is 22.2. The minimum Gasteiger partial charge on any atom is -0.461 e. The Morgan fingerprint density at radius 3 is 3.00 bits per heavy atom. The summed E-state index contributed by atoms with van der Waals surface area (Å²) in [5, 5.41) is 0. The van der Waals surface area contributed by atoms with Crippen molar-refractivity contribution in [3.05, 3.63) is 22.7 Å². The summed E-state index contributed by atoms with van der Waals surface area (Å²) in [6.45, 7) is -0.169. The highest BCUT2D eigenvalue weighted by molar-refractivity contribution is 8.00. The molecule has 2 atom stereocenters. The quantitative estimate of drug-likeness (QED) is 0.450. The van der Waals surface area contributed by atoms with Gasteiger partial charge in [0, 0.05) is 11.9 Å². The zero-order chi connectivity index (χ0) is 16.3. The Kier molecular flexibility index (Phi) is 5.24. The molecule has 10 nitrogen and oxygen atoms in total. The van der Waals surface area contributed by atoms with Gasteiger partial charge in [-0.3, -0.25) is 13.9 Å². The van der Waals surface area contributed by atoms with Crippen molar-refractivity contribution in [3.63, 3.8) is 0 Å². The van der Waals surface area contributed by atoms with Crippen LogP contribution < -0.4 is 11.4 Å². The molecule has 0 radical (unpaired) electrons. The SMILES string of the molecule is Nc1ccn([C@@H]2CS[C@H](COC(=O)CP(=O)(O)O)O2)c(=O)n1. The summed E-state index contributed by atoms with van der Waals surface area (Å²) >= 11 is 1.31. The van der Waals surface area contributed by atoms with Crippen LogP contribution in [0.25, 0.3) is 0 Å². The second-order valence-corrected chi connectivity index (χ2v) is 7.24. The van der Waals surface area contributed by atoms with E-state index in [1.165, 1.54) is 28.6 Å². The van der Waals surface area contributed by atoms with Crippen molar-refractivity contribution in [2.24, 2.45) is 0 Å². The van der Waals surface area contributed by atoms with Crippen LogP contribution in [0.4, 0.5) is 5.82 Å². The van der Waals surface area contributed by atoms with Gasteiger partial charge in [-0.25, -0.2) is 4.79 Å². The fraction of sp³-hybridized carbons (Fsp3) is 0.500. The molecule has 0 unspecified atom stereocenters. The Hall–Kier alpha value is -1.39. The first-order valence-electron chi connectivity index (χ1n) is 6.06. The lowest BCUT2D eigenvalue weighted by molar-refractivity contribution is -0.144. The summed E-state index contributed by atoms with van der Waals surface area (Å²) in [6, 6.07) is 1.46. The molecule has 4 N–H and O–H groups in total. The van der Waals surface area contributed by atoms with Gasteiger partial charge in [-0.2, -0.15) is 4.98 Å². The Labute approximate surface area is 128 Å². The zero-order valence-corrected chi connectivity index (χ0v) is 12.9. The van der Waals surface area contributed by atoms with Gasteiger partial charge < -0.3 is 25.0 Å². The Morgan fingerprint density at radius 1 is 1.64 bits per heavy atom. The first-order chi connectivity index (χ1) is 10.2. The fourth-order valence-electron chi connectivity index (χ4n) is 1.70. The highest BCUT2D eigenvalue weighted by Gasteiger charge is 2.30. The molecule has 12 heteroatoms. The average molecular weight is 351 g/mol. The summed E-state index contributed by atoms with van der Waals surface area (Å²) in [4.78, 5) is 43.7. The molecule has 22 heavy (non-hydrogen) atoms. The molecule has 0 aliphatic carbocycles. The highest BCUT2D eigenvalue weighted by Crippen LogP contribution is 2.34. The van der Waals surface area contributed by atoms with Crippen molar-refractivity contribution in [3.8, 4) is 0 Å². The summed E-state index contributed by atoms with van der Waals surface area (Å²) in [6.07, 6.45) is -0.0937. The molecule has 122 valence electrons. The lowest BCUT2D eigenvalue weighted by Crippen LogP contribution is -2.29. The maximum absolute atomic E-state index is 11.7. The van der Waals surface area contributed by atoms with Crippen LogP contribution in [0.3, 0.4) is 0 Å². The van der Waals surface area contributed by atoms with Crippen molar-refractivity contribution < 1.29 is 28.6 Å². The fourth-order valence-corrected chi connectivity index (χ4v) is 3.11. The molecular formula is C10H14N3O7PS. The number of thioether (sulfide) groups is 1. The minimum atomic E-state index is -4.44. The lowest BCUT2D eigenvalue weighted by atomic mass is 10.5. The number of esters is 1. The van der Waals surface area contributed by atoms with E-state index in [9.17, 15) is 14.2 Å². The smallest absolute Gasteiger partial charge is 0.351 e. The zero-order valence-electron chi connectivity index (χ0n) is 11.2. The molecule has 1 aromatic heterocycles. The molecule has 2 rings (SSSR count). The normalized spacial score (nSPS) is 21.7. The van der Waals surface area contributed by atoms with E-state index in [-0.39, 0.29) is 12.4 Å². The van der Waals surface area contributed by atoms with Crippen LogP contribution in [0.2, 0.25) is 0 Å². The Morgan fingerprint density at radius 2 is 2.36 bits per heavy atom. The van der Waals surface area contributed by atoms with Gasteiger partial charge in [0.15, 0.2) is 0 Å². The number of ether oxygens (including phenoxy) is 2. The van der Waals surface area contributed by atoms with Crippen molar-refractivity contribution in [1.82, 2.24) is 9.55 Å². The topological polar surface area (TPSA) is 154 Å². The van der Waals surface area contributed by atoms with E-state index >= 15 is 0 Å². The van der Waals surface area contributed by atoms with Crippen molar-refractivity contribution in [2.45, 2.75) is 11.7 Å². The average Bonchev–Trinajstić information content (AvgIpc) is 2.83. The van der Waals surface area contributed by atoms with Crippen LogP contribution in [0.5, 0.6) is 0 Å². The molecule has 0 aromatic carbocycles. The molecule has 0 saturated carbocycles. The van der Waals surface area contributed by atoms with Crippen LogP contribution >= 0.6 is 19.4 Å². The molecule has 1 aromatic rings. The summed E-state index contributed by atoms with van der Waals surface area (Å²) in [5.74, 6) is -0.464. The van der Waals surface area contributed by atoms with Crippen LogP contribution in [0.15, 0.2) is 17.1 Å². The van der Waals surface area contributed by atoms with Gasteiger partial charge >= 0.3 is 19.3 Å². The third kappa shape index (κ3) is 4.82. The van der Waals surface area contributed by atoms with Gasteiger partial charge in [-0.15, -0.1) is 11.8 Å². The van der Waals surface area contributed by atoms with Gasteiger partial charge in [0.05, 0.1) is 0 Å². The van der Waals surface area contributed by atoms with Crippen molar-refractivity contribution in [2.75, 3.05) is 24.3 Å². The number of nitrogen functional groups attached to an aromatic ring is 1. The third-order valence-electron chi connectivity index (χ3n) is 2.61. The first-order valence-corrected chi connectivity index (χ1v) is 8.91. The number of hydrogen-bond donors (Lipinski definition) is 3. The van der Waals surface area contributed by atoms with E-state index in [1.807, 2.05) is 0 Å².